The molecule has 0 amide bonds. The second-order valence-electron chi connectivity index (χ2n) is 2.44. The van der Waals surface area contributed by atoms with Crippen LogP contribution in [0.2, 0.25) is 20.1 Å². The fourth-order valence-electron chi connectivity index (χ4n) is 0.699. The molecular weight excluding hydrogens is 338 g/mol. The van der Waals surface area contributed by atoms with Gasteiger partial charge >= 0.3 is 10.4 Å². The lowest BCUT2D eigenvalue weighted by Gasteiger charge is -2.08. The number of halogens is 4. The third-order valence-electron chi connectivity index (χ3n) is 1.26. The SMILES string of the molecule is NNc1c(Cl)cc(Cl)c(Cl)c1Cl.O=S(=O)(O)O. The molecule has 0 radical (unpaired) electrons. The minimum atomic E-state index is -4.67. The number of hydrogen-bond acceptors (Lipinski definition) is 4. The first kappa shape index (κ1) is 17.0. The molecule has 1 aromatic carbocycles. The van der Waals surface area contributed by atoms with E-state index in [4.69, 9.17) is 69.8 Å². The molecule has 6 nitrogen and oxygen atoms in total. The van der Waals surface area contributed by atoms with Gasteiger partial charge in [-0.15, -0.1) is 0 Å². The Morgan fingerprint density at radius 3 is 1.82 bits per heavy atom. The molecule has 0 saturated carbocycles. The topological polar surface area (TPSA) is 113 Å². The predicted octanol–water partition coefficient (Wildman–Crippen LogP) is 2.93. The molecule has 0 aromatic heterocycles. The Labute approximate surface area is 117 Å². The second-order valence-corrected chi connectivity index (χ2v) is 4.90. The van der Waals surface area contributed by atoms with Crippen LogP contribution in [-0.2, 0) is 10.4 Å². The quantitative estimate of drug-likeness (QED) is 0.205. The molecule has 0 bridgehead atoms. The average Bonchev–Trinajstić information content (AvgIpc) is 2.12. The van der Waals surface area contributed by atoms with Crippen LogP contribution in [0.5, 0.6) is 0 Å². The Hall–Kier alpha value is 0.01000. The summed E-state index contributed by atoms with van der Waals surface area (Å²) in [5.41, 5.74) is 2.69. The molecule has 0 unspecified atom stereocenters. The minimum absolute atomic E-state index is 0.219. The first-order chi connectivity index (χ1) is 7.57. The highest BCUT2D eigenvalue weighted by Crippen LogP contribution is 2.40. The van der Waals surface area contributed by atoms with Crippen LogP contribution in [0.1, 0.15) is 0 Å². The molecule has 1 aromatic rings. The number of nitrogen functional groups attached to an aromatic ring is 1. The van der Waals surface area contributed by atoms with Crippen molar-refractivity contribution in [3.8, 4) is 0 Å². The van der Waals surface area contributed by atoms with Gasteiger partial charge in [-0.05, 0) is 6.07 Å². The van der Waals surface area contributed by atoms with Gasteiger partial charge in [-0.1, -0.05) is 46.4 Å². The molecule has 17 heavy (non-hydrogen) atoms. The molecule has 0 atom stereocenters. The van der Waals surface area contributed by atoms with Gasteiger partial charge in [0, 0.05) is 0 Å². The van der Waals surface area contributed by atoms with Crippen molar-refractivity contribution in [2.75, 3.05) is 5.43 Å². The summed E-state index contributed by atoms with van der Waals surface area (Å²) in [5.74, 6) is 5.15. The van der Waals surface area contributed by atoms with Gasteiger partial charge in [0.15, 0.2) is 0 Å². The van der Waals surface area contributed by atoms with Crippen molar-refractivity contribution in [1.82, 2.24) is 0 Å². The molecular formula is C6H6Cl4N2O4S. The highest BCUT2D eigenvalue weighted by molar-refractivity contribution is 7.79. The Balaban J connectivity index is 0.000000437. The maximum atomic E-state index is 8.74. The molecule has 1 rings (SSSR count). The lowest BCUT2D eigenvalue weighted by Crippen LogP contribution is -2.07. The molecule has 0 aliphatic heterocycles. The van der Waals surface area contributed by atoms with Crippen molar-refractivity contribution in [2.45, 2.75) is 0 Å². The lowest BCUT2D eigenvalue weighted by atomic mass is 10.3. The largest absolute Gasteiger partial charge is 0.394 e. The monoisotopic (exact) mass is 342 g/mol. The summed E-state index contributed by atoms with van der Waals surface area (Å²) < 4.78 is 31.6. The van der Waals surface area contributed by atoms with Crippen LogP contribution in [0.3, 0.4) is 0 Å². The van der Waals surface area contributed by atoms with Crippen LogP contribution in [-0.4, -0.2) is 17.5 Å². The number of hydrazine groups is 1. The zero-order valence-corrected chi connectivity index (χ0v) is 11.6. The van der Waals surface area contributed by atoms with Crippen molar-refractivity contribution in [1.29, 1.82) is 0 Å². The van der Waals surface area contributed by atoms with Crippen molar-refractivity contribution >= 4 is 62.5 Å². The van der Waals surface area contributed by atoms with Crippen LogP contribution >= 0.6 is 46.4 Å². The van der Waals surface area contributed by atoms with Crippen molar-refractivity contribution < 1.29 is 17.5 Å². The van der Waals surface area contributed by atoms with Gasteiger partial charge in [-0.3, -0.25) is 14.9 Å². The van der Waals surface area contributed by atoms with Gasteiger partial charge in [-0.2, -0.15) is 8.42 Å². The third-order valence-corrected chi connectivity index (χ3v) is 2.82. The zero-order valence-electron chi connectivity index (χ0n) is 7.79. The standard InChI is InChI=1S/C6H4Cl4N2.H2O4S/c7-2-1-3(8)6(12-11)5(10)4(2)9;1-5(2,3)4/h1,12H,11H2;(H2,1,2,3,4). The molecule has 0 aliphatic rings. The number of hydrogen-bond donors (Lipinski definition) is 4. The Morgan fingerprint density at radius 1 is 1.06 bits per heavy atom. The third kappa shape index (κ3) is 6.49. The molecule has 0 fully saturated rings. The number of anilines is 1. The first-order valence-corrected chi connectivity index (χ1v) is 6.48. The van der Waals surface area contributed by atoms with Gasteiger partial charge in [0.05, 0.1) is 25.8 Å². The van der Waals surface area contributed by atoms with Crippen LogP contribution in [0, 0.1) is 0 Å². The van der Waals surface area contributed by atoms with Gasteiger partial charge < -0.3 is 5.43 Å². The van der Waals surface area contributed by atoms with Crippen LogP contribution in [0.4, 0.5) is 5.69 Å². The Kier molecular flexibility index (Phi) is 6.82. The van der Waals surface area contributed by atoms with E-state index in [0.29, 0.717) is 15.7 Å². The van der Waals surface area contributed by atoms with E-state index in [0.717, 1.165) is 0 Å². The van der Waals surface area contributed by atoms with Crippen molar-refractivity contribution in [3.63, 3.8) is 0 Å². The number of rotatable bonds is 1. The molecule has 98 valence electrons. The first-order valence-electron chi connectivity index (χ1n) is 3.57. The number of benzene rings is 1. The Morgan fingerprint density at radius 2 is 1.47 bits per heavy atom. The van der Waals surface area contributed by atoms with Gasteiger partial charge in [0.1, 0.15) is 0 Å². The van der Waals surface area contributed by atoms with E-state index in [-0.39, 0.29) is 10.0 Å². The van der Waals surface area contributed by atoms with E-state index >= 15 is 0 Å². The summed E-state index contributed by atoms with van der Waals surface area (Å²) in [5, 5.41) is 1.08. The maximum absolute atomic E-state index is 8.74. The van der Waals surface area contributed by atoms with Gasteiger partial charge in [0.2, 0.25) is 0 Å². The minimum Gasteiger partial charge on any atom is -0.321 e. The number of nitrogens with one attached hydrogen (secondary N) is 1. The molecule has 11 heteroatoms. The average molecular weight is 344 g/mol. The van der Waals surface area contributed by atoms with Crippen LogP contribution in [0.25, 0.3) is 0 Å². The van der Waals surface area contributed by atoms with E-state index in [1.165, 1.54) is 6.07 Å². The molecule has 5 N–H and O–H groups in total. The Bertz CT molecular complexity index is 499. The molecule has 0 heterocycles. The van der Waals surface area contributed by atoms with Crippen molar-refractivity contribution in [3.05, 3.63) is 26.2 Å². The highest BCUT2D eigenvalue weighted by atomic mass is 35.5. The van der Waals surface area contributed by atoms with E-state index < -0.39 is 10.4 Å². The van der Waals surface area contributed by atoms with Gasteiger partial charge in [0.25, 0.3) is 0 Å². The molecule has 0 spiro atoms. The molecule has 0 saturated heterocycles. The zero-order chi connectivity index (χ0) is 13.8. The van der Waals surface area contributed by atoms with E-state index in [2.05, 4.69) is 5.43 Å². The van der Waals surface area contributed by atoms with E-state index in [1.54, 1.807) is 0 Å². The van der Waals surface area contributed by atoms with Crippen LogP contribution in [0.15, 0.2) is 6.07 Å². The van der Waals surface area contributed by atoms with Crippen LogP contribution < -0.4 is 11.3 Å². The van der Waals surface area contributed by atoms with E-state index in [9.17, 15) is 0 Å². The summed E-state index contributed by atoms with van der Waals surface area (Å²) >= 11 is 22.9. The summed E-state index contributed by atoms with van der Waals surface area (Å²) in [7, 11) is -4.67. The lowest BCUT2D eigenvalue weighted by molar-refractivity contribution is 0.381. The summed E-state index contributed by atoms with van der Waals surface area (Å²) in [4.78, 5) is 0. The summed E-state index contributed by atoms with van der Waals surface area (Å²) in [6.45, 7) is 0. The second kappa shape index (κ2) is 6.81. The normalized spacial score (nSPS) is 10.5. The molecule has 0 aliphatic carbocycles. The highest BCUT2D eigenvalue weighted by Gasteiger charge is 2.12. The fraction of sp³-hybridized carbons (Fsp3) is 0. The van der Waals surface area contributed by atoms with E-state index in [1.807, 2.05) is 0 Å². The number of nitrogens with two attached hydrogens (primary N) is 1. The van der Waals surface area contributed by atoms with Crippen molar-refractivity contribution in [2.24, 2.45) is 5.84 Å². The smallest absolute Gasteiger partial charge is 0.321 e. The van der Waals surface area contributed by atoms with Gasteiger partial charge in [-0.25, -0.2) is 0 Å². The summed E-state index contributed by atoms with van der Waals surface area (Å²) in [6, 6.07) is 1.46. The predicted molar refractivity (Wildman–Crippen MR) is 68.5 cm³/mol. The fourth-order valence-corrected chi connectivity index (χ4v) is 1.72. The summed E-state index contributed by atoms with van der Waals surface area (Å²) in [6.07, 6.45) is 0. The maximum Gasteiger partial charge on any atom is 0.394 e.